The number of halogens is 3. The number of aromatic nitrogens is 4. The Hall–Kier alpha value is -2.32. The number of nitrogens with zero attached hydrogens (tertiary/aromatic N) is 3. The molecule has 19 heavy (non-hydrogen) atoms. The number of aryl methyl sites for hydroxylation is 1. The fourth-order valence-electron chi connectivity index (χ4n) is 1.29. The maximum atomic E-state index is 12.6. The van der Waals surface area contributed by atoms with Gasteiger partial charge in [-0.2, -0.15) is 18.2 Å². The SMILES string of the molecule is CNc1nc(Oc2cc(C)[nH]n2)cc(C(F)(F)F)n1. The van der Waals surface area contributed by atoms with E-state index in [-0.39, 0.29) is 17.7 Å². The monoisotopic (exact) mass is 273 g/mol. The van der Waals surface area contributed by atoms with E-state index >= 15 is 0 Å². The van der Waals surface area contributed by atoms with Crippen molar-refractivity contribution < 1.29 is 17.9 Å². The summed E-state index contributed by atoms with van der Waals surface area (Å²) in [5.41, 5.74) is -0.372. The van der Waals surface area contributed by atoms with Crippen LogP contribution in [0.2, 0.25) is 0 Å². The summed E-state index contributed by atoms with van der Waals surface area (Å²) >= 11 is 0. The van der Waals surface area contributed by atoms with Crippen molar-refractivity contribution in [3.05, 3.63) is 23.5 Å². The third-order valence-electron chi connectivity index (χ3n) is 2.11. The maximum absolute atomic E-state index is 12.6. The molecule has 2 N–H and O–H groups in total. The molecular weight excluding hydrogens is 263 g/mol. The Morgan fingerprint density at radius 2 is 1.95 bits per heavy atom. The van der Waals surface area contributed by atoms with E-state index in [2.05, 4.69) is 25.5 Å². The van der Waals surface area contributed by atoms with Gasteiger partial charge in [0.2, 0.25) is 17.7 Å². The van der Waals surface area contributed by atoms with Gasteiger partial charge in [0.1, 0.15) is 0 Å². The number of anilines is 1. The zero-order valence-corrected chi connectivity index (χ0v) is 10.0. The first kappa shape index (κ1) is 13.1. The van der Waals surface area contributed by atoms with Gasteiger partial charge < -0.3 is 10.1 Å². The summed E-state index contributed by atoms with van der Waals surface area (Å²) in [4.78, 5) is 7.09. The summed E-state index contributed by atoms with van der Waals surface area (Å²) in [6, 6.07) is 2.25. The molecule has 0 saturated carbocycles. The highest BCUT2D eigenvalue weighted by molar-refractivity contribution is 5.33. The zero-order chi connectivity index (χ0) is 14.0. The summed E-state index contributed by atoms with van der Waals surface area (Å²) in [6.07, 6.45) is -4.58. The average molecular weight is 273 g/mol. The third-order valence-corrected chi connectivity index (χ3v) is 2.11. The Kier molecular flexibility index (Phi) is 3.28. The molecule has 0 bridgehead atoms. The fourth-order valence-corrected chi connectivity index (χ4v) is 1.29. The normalized spacial score (nSPS) is 11.4. The van der Waals surface area contributed by atoms with Gasteiger partial charge in [0.05, 0.1) is 0 Å². The largest absolute Gasteiger partial charge is 0.433 e. The molecule has 102 valence electrons. The lowest BCUT2D eigenvalue weighted by Crippen LogP contribution is -2.11. The second kappa shape index (κ2) is 4.75. The third kappa shape index (κ3) is 3.12. The molecule has 0 aliphatic rings. The van der Waals surface area contributed by atoms with Gasteiger partial charge in [-0.3, -0.25) is 5.10 Å². The Bertz CT molecular complexity index is 581. The van der Waals surface area contributed by atoms with E-state index in [4.69, 9.17) is 4.74 Å². The second-order valence-corrected chi connectivity index (χ2v) is 3.65. The predicted octanol–water partition coefficient (Wildman–Crippen LogP) is 2.36. The summed E-state index contributed by atoms with van der Waals surface area (Å²) in [5, 5.41) is 8.80. The smallest absolute Gasteiger partial charge is 0.419 e. The van der Waals surface area contributed by atoms with Crippen LogP contribution >= 0.6 is 0 Å². The fraction of sp³-hybridized carbons (Fsp3) is 0.300. The van der Waals surface area contributed by atoms with Gasteiger partial charge in [-0.05, 0) is 6.92 Å². The molecule has 2 aromatic heterocycles. The van der Waals surface area contributed by atoms with E-state index < -0.39 is 11.9 Å². The van der Waals surface area contributed by atoms with Crippen molar-refractivity contribution >= 4 is 5.95 Å². The van der Waals surface area contributed by atoms with Gasteiger partial charge >= 0.3 is 6.18 Å². The van der Waals surface area contributed by atoms with E-state index in [9.17, 15) is 13.2 Å². The van der Waals surface area contributed by atoms with Gasteiger partial charge in [0.15, 0.2) is 5.69 Å². The average Bonchev–Trinajstić information content (AvgIpc) is 2.73. The predicted molar refractivity (Wildman–Crippen MR) is 60.0 cm³/mol. The summed E-state index contributed by atoms with van der Waals surface area (Å²) < 4.78 is 43.0. The van der Waals surface area contributed by atoms with Crippen molar-refractivity contribution in [2.45, 2.75) is 13.1 Å². The number of rotatable bonds is 3. The van der Waals surface area contributed by atoms with Crippen LogP contribution in [0.5, 0.6) is 11.8 Å². The summed E-state index contributed by atoms with van der Waals surface area (Å²) in [5.74, 6) is -0.290. The lowest BCUT2D eigenvalue weighted by atomic mass is 10.4. The lowest BCUT2D eigenvalue weighted by Gasteiger charge is -2.09. The van der Waals surface area contributed by atoms with Crippen LogP contribution in [-0.4, -0.2) is 27.2 Å². The zero-order valence-electron chi connectivity index (χ0n) is 10.0. The van der Waals surface area contributed by atoms with Crippen LogP contribution < -0.4 is 10.1 Å². The van der Waals surface area contributed by atoms with Gasteiger partial charge in [-0.1, -0.05) is 0 Å². The molecule has 0 fully saturated rings. The van der Waals surface area contributed by atoms with Crippen LogP contribution in [0.15, 0.2) is 12.1 Å². The number of aromatic amines is 1. The van der Waals surface area contributed by atoms with Crippen LogP contribution in [0.1, 0.15) is 11.4 Å². The minimum absolute atomic E-state index is 0.131. The molecule has 0 radical (unpaired) electrons. The molecule has 0 aliphatic carbocycles. The molecule has 0 aliphatic heterocycles. The molecule has 0 spiro atoms. The van der Waals surface area contributed by atoms with Crippen molar-refractivity contribution in [1.82, 2.24) is 20.2 Å². The highest BCUT2D eigenvalue weighted by atomic mass is 19.4. The van der Waals surface area contributed by atoms with Crippen molar-refractivity contribution in [2.75, 3.05) is 12.4 Å². The standard InChI is InChI=1S/C10H10F3N5O/c1-5-3-8(18-17-5)19-7-4-6(10(11,12)13)15-9(14-2)16-7/h3-4H,1-2H3,(H,17,18)(H,14,15,16). The molecule has 2 rings (SSSR count). The minimum Gasteiger partial charge on any atom is -0.419 e. The highest BCUT2D eigenvalue weighted by Gasteiger charge is 2.34. The Morgan fingerprint density at radius 1 is 1.21 bits per heavy atom. The van der Waals surface area contributed by atoms with Gasteiger partial charge in [-0.15, -0.1) is 5.10 Å². The molecule has 2 heterocycles. The first-order valence-corrected chi connectivity index (χ1v) is 5.22. The molecule has 0 aromatic carbocycles. The van der Waals surface area contributed by atoms with E-state index in [0.29, 0.717) is 11.8 Å². The quantitative estimate of drug-likeness (QED) is 0.897. The molecule has 0 atom stereocenters. The first-order chi connectivity index (χ1) is 8.88. The molecule has 0 unspecified atom stereocenters. The summed E-state index contributed by atoms with van der Waals surface area (Å²) in [7, 11) is 1.41. The number of ether oxygens (including phenoxy) is 1. The molecular formula is C10H10F3N5O. The number of hydrogen-bond acceptors (Lipinski definition) is 5. The van der Waals surface area contributed by atoms with Crippen molar-refractivity contribution in [3.63, 3.8) is 0 Å². The van der Waals surface area contributed by atoms with Gasteiger partial charge in [-0.25, -0.2) is 4.98 Å². The first-order valence-electron chi connectivity index (χ1n) is 5.22. The van der Waals surface area contributed by atoms with Gasteiger partial charge in [0, 0.05) is 24.9 Å². The number of hydrogen-bond donors (Lipinski definition) is 2. The molecule has 9 heteroatoms. The Labute approximate surface area is 106 Å². The second-order valence-electron chi connectivity index (χ2n) is 3.65. The summed E-state index contributed by atoms with van der Waals surface area (Å²) in [6.45, 7) is 1.74. The Balaban J connectivity index is 2.34. The van der Waals surface area contributed by atoms with E-state index in [1.54, 1.807) is 6.92 Å². The topological polar surface area (TPSA) is 75.7 Å². The van der Waals surface area contributed by atoms with Crippen molar-refractivity contribution in [1.29, 1.82) is 0 Å². The lowest BCUT2D eigenvalue weighted by molar-refractivity contribution is -0.141. The molecule has 0 amide bonds. The maximum Gasteiger partial charge on any atom is 0.433 e. The van der Waals surface area contributed by atoms with E-state index in [1.165, 1.54) is 13.1 Å². The van der Waals surface area contributed by atoms with Crippen LogP contribution in [0.4, 0.5) is 19.1 Å². The number of nitrogens with one attached hydrogen (secondary N) is 2. The molecule has 0 saturated heterocycles. The number of alkyl halides is 3. The van der Waals surface area contributed by atoms with E-state index in [0.717, 1.165) is 0 Å². The van der Waals surface area contributed by atoms with Crippen LogP contribution in [0.25, 0.3) is 0 Å². The molecule has 2 aromatic rings. The van der Waals surface area contributed by atoms with Crippen LogP contribution in [-0.2, 0) is 6.18 Å². The van der Waals surface area contributed by atoms with Gasteiger partial charge in [0.25, 0.3) is 0 Å². The number of H-pyrrole nitrogens is 1. The van der Waals surface area contributed by atoms with E-state index in [1.807, 2.05) is 0 Å². The minimum atomic E-state index is -4.58. The van der Waals surface area contributed by atoms with Crippen molar-refractivity contribution in [2.24, 2.45) is 0 Å². The Morgan fingerprint density at radius 3 is 2.47 bits per heavy atom. The molecule has 6 nitrogen and oxygen atoms in total. The van der Waals surface area contributed by atoms with Crippen LogP contribution in [0, 0.1) is 6.92 Å². The van der Waals surface area contributed by atoms with Crippen LogP contribution in [0.3, 0.4) is 0 Å². The highest BCUT2D eigenvalue weighted by Crippen LogP contribution is 2.31. The van der Waals surface area contributed by atoms with Crippen molar-refractivity contribution in [3.8, 4) is 11.8 Å².